The topological polar surface area (TPSA) is 96.7 Å². The maximum absolute atomic E-state index is 13.8. The molecule has 0 spiro atoms. The maximum Gasteiger partial charge on any atom is 0.256 e. The highest BCUT2D eigenvalue weighted by molar-refractivity contribution is 7.92. The summed E-state index contributed by atoms with van der Waals surface area (Å²) in [5.74, 6) is 0.345. The molecule has 1 saturated heterocycles. The number of amides is 1. The van der Waals surface area contributed by atoms with Crippen molar-refractivity contribution in [3.05, 3.63) is 58.0 Å². The summed E-state index contributed by atoms with van der Waals surface area (Å²) in [5, 5.41) is 4.97. The van der Waals surface area contributed by atoms with Crippen LogP contribution >= 0.6 is 0 Å². The highest BCUT2D eigenvalue weighted by Crippen LogP contribution is 2.42. The molecule has 3 heterocycles. The van der Waals surface area contributed by atoms with Gasteiger partial charge in [0.25, 0.3) is 5.91 Å². The van der Waals surface area contributed by atoms with E-state index in [0.717, 1.165) is 48.1 Å². The van der Waals surface area contributed by atoms with Crippen LogP contribution in [0.5, 0.6) is 0 Å². The lowest BCUT2D eigenvalue weighted by Crippen LogP contribution is -2.39. The predicted octanol–water partition coefficient (Wildman–Crippen LogP) is 4.27. The predicted molar refractivity (Wildman–Crippen MR) is 132 cm³/mol. The monoisotopic (exact) mass is 481 g/mol. The molecule has 1 atom stereocenters. The van der Waals surface area contributed by atoms with Crippen LogP contribution in [0.1, 0.15) is 82.6 Å². The fourth-order valence-corrected chi connectivity index (χ4v) is 5.58. The second-order valence-corrected chi connectivity index (χ2v) is 11.5. The van der Waals surface area contributed by atoms with Gasteiger partial charge in [-0.2, -0.15) is 5.10 Å². The fourth-order valence-electron chi connectivity index (χ4n) is 5.01. The Labute approximate surface area is 200 Å². The summed E-state index contributed by atoms with van der Waals surface area (Å²) in [4.78, 5) is 20.4. The molecule has 1 N–H and O–H groups in total. The first-order valence-electron chi connectivity index (χ1n) is 11.9. The Morgan fingerprint density at radius 3 is 2.56 bits per heavy atom. The Morgan fingerprint density at radius 2 is 1.85 bits per heavy atom. The van der Waals surface area contributed by atoms with Gasteiger partial charge in [-0.25, -0.2) is 17.9 Å². The molecule has 0 radical (unpaired) electrons. The number of nitrogens with one attached hydrogen (secondary N) is 1. The van der Waals surface area contributed by atoms with Crippen LogP contribution in [0, 0.1) is 20.8 Å². The van der Waals surface area contributed by atoms with Crippen molar-refractivity contribution < 1.29 is 13.2 Å². The van der Waals surface area contributed by atoms with Crippen LogP contribution in [0.15, 0.2) is 24.3 Å². The minimum absolute atomic E-state index is 0.179. The number of hydrogen-bond donors (Lipinski definition) is 1. The number of aryl methyl sites for hydroxylation is 2. The highest BCUT2D eigenvalue weighted by Gasteiger charge is 2.34. The van der Waals surface area contributed by atoms with E-state index in [2.05, 4.69) is 11.6 Å². The Bertz CT molecular complexity index is 1390. The number of anilines is 1. The van der Waals surface area contributed by atoms with Crippen molar-refractivity contribution in [2.24, 2.45) is 0 Å². The van der Waals surface area contributed by atoms with Crippen LogP contribution < -0.4 is 4.72 Å². The number of hydrogen-bond acceptors (Lipinski definition) is 5. The van der Waals surface area contributed by atoms with Crippen molar-refractivity contribution in [3.63, 3.8) is 0 Å². The number of benzene rings is 1. The van der Waals surface area contributed by atoms with E-state index in [1.807, 2.05) is 29.3 Å². The molecule has 34 heavy (non-hydrogen) atoms. The van der Waals surface area contributed by atoms with Crippen LogP contribution in [-0.2, 0) is 10.0 Å². The molecule has 1 aromatic carbocycles. The molecule has 8 nitrogen and oxygen atoms in total. The van der Waals surface area contributed by atoms with Crippen LogP contribution in [-0.4, -0.2) is 46.6 Å². The van der Waals surface area contributed by atoms with E-state index in [4.69, 9.17) is 10.1 Å². The fraction of sp³-hybridized carbons (Fsp3) is 0.480. The van der Waals surface area contributed by atoms with E-state index >= 15 is 0 Å². The number of aromatic nitrogens is 3. The third-order valence-electron chi connectivity index (χ3n) is 6.92. The van der Waals surface area contributed by atoms with Gasteiger partial charge in [-0.1, -0.05) is 11.6 Å². The zero-order valence-corrected chi connectivity index (χ0v) is 20.9. The molecule has 1 saturated carbocycles. The first-order chi connectivity index (χ1) is 16.1. The molecule has 180 valence electrons. The SMILES string of the molecule is Cc1ccc(NS(C)(=O)=O)c(C(=O)N2CCCCC2c2cc3nc(C)c(C)c(C4CC4)n3n2)c1. The molecule has 2 aromatic heterocycles. The Kier molecular flexibility index (Phi) is 5.62. The summed E-state index contributed by atoms with van der Waals surface area (Å²) in [6.45, 7) is 6.65. The summed E-state index contributed by atoms with van der Waals surface area (Å²) >= 11 is 0. The molecule has 0 bridgehead atoms. The first-order valence-corrected chi connectivity index (χ1v) is 13.8. The van der Waals surface area contributed by atoms with E-state index in [-0.39, 0.29) is 11.9 Å². The second kappa shape index (κ2) is 8.37. The van der Waals surface area contributed by atoms with E-state index < -0.39 is 10.0 Å². The average molecular weight is 482 g/mol. The lowest BCUT2D eigenvalue weighted by atomic mass is 9.97. The van der Waals surface area contributed by atoms with Gasteiger partial charge >= 0.3 is 0 Å². The Balaban J connectivity index is 1.55. The van der Waals surface area contributed by atoms with E-state index in [9.17, 15) is 13.2 Å². The lowest BCUT2D eigenvalue weighted by molar-refractivity contribution is 0.0606. The van der Waals surface area contributed by atoms with Gasteiger partial charge in [0.1, 0.15) is 0 Å². The van der Waals surface area contributed by atoms with Gasteiger partial charge in [0.15, 0.2) is 5.65 Å². The van der Waals surface area contributed by atoms with Crippen molar-refractivity contribution in [1.82, 2.24) is 19.5 Å². The smallest absolute Gasteiger partial charge is 0.256 e. The van der Waals surface area contributed by atoms with E-state index in [1.54, 1.807) is 18.2 Å². The summed E-state index contributed by atoms with van der Waals surface area (Å²) in [7, 11) is -3.52. The summed E-state index contributed by atoms with van der Waals surface area (Å²) in [5.41, 5.74) is 6.69. The van der Waals surface area contributed by atoms with Gasteiger partial charge in [-0.05, 0) is 70.6 Å². The largest absolute Gasteiger partial charge is 0.330 e. The molecule has 1 unspecified atom stereocenters. The summed E-state index contributed by atoms with van der Waals surface area (Å²) < 4.78 is 28.3. The van der Waals surface area contributed by atoms with Crippen molar-refractivity contribution >= 4 is 27.3 Å². The average Bonchev–Trinajstić information content (AvgIpc) is 3.53. The normalized spacial score (nSPS) is 18.9. The molecule has 1 amide bonds. The summed E-state index contributed by atoms with van der Waals surface area (Å²) in [6, 6.07) is 7.05. The maximum atomic E-state index is 13.8. The minimum atomic E-state index is -3.52. The van der Waals surface area contributed by atoms with Crippen molar-refractivity contribution in [1.29, 1.82) is 0 Å². The molecule has 1 aliphatic carbocycles. The van der Waals surface area contributed by atoms with E-state index in [0.29, 0.717) is 23.7 Å². The van der Waals surface area contributed by atoms with Crippen LogP contribution in [0.4, 0.5) is 5.69 Å². The molecule has 1 aliphatic heterocycles. The summed E-state index contributed by atoms with van der Waals surface area (Å²) in [6.07, 6.45) is 6.16. The Morgan fingerprint density at radius 1 is 1.09 bits per heavy atom. The number of nitrogens with zero attached hydrogens (tertiary/aromatic N) is 4. The third kappa shape index (κ3) is 4.29. The van der Waals surface area contributed by atoms with Crippen LogP contribution in [0.25, 0.3) is 5.65 Å². The highest BCUT2D eigenvalue weighted by atomic mass is 32.2. The molecular weight excluding hydrogens is 450 g/mol. The number of likely N-dealkylation sites (tertiary alicyclic amines) is 1. The number of piperidine rings is 1. The van der Waals surface area contributed by atoms with Crippen LogP contribution in [0.2, 0.25) is 0 Å². The standard InChI is InChI=1S/C25H31N5O3S/c1-15-8-11-20(28-34(4,32)33)19(13-15)25(31)29-12-6-5-7-22(29)21-14-23-26-17(3)16(2)24(18-9-10-18)30(23)27-21/h8,11,13-14,18,22,28H,5-7,9-10,12H2,1-4H3. The van der Waals surface area contributed by atoms with Gasteiger partial charge in [-0.15, -0.1) is 0 Å². The second-order valence-electron chi connectivity index (χ2n) is 9.75. The van der Waals surface area contributed by atoms with Gasteiger partial charge in [0, 0.05) is 24.2 Å². The van der Waals surface area contributed by atoms with Crippen molar-refractivity contribution in [2.75, 3.05) is 17.5 Å². The zero-order chi connectivity index (χ0) is 24.2. The number of sulfonamides is 1. The quantitative estimate of drug-likeness (QED) is 0.587. The van der Waals surface area contributed by atoms with Gasteiger partial charge in [0.05, 0.1) is 34.9 Å². The lowest BCUT2D eigenvalue weighted by Gasteiger charge is -2.35. The van der Waals surface area contributed by atoms with Crippen molar-refractivity contribution in [2.45, 2.75) is 64.8 Å². The van der Waals surface area contributed by atoms with Gasteiger partial charge < -0.3 is 4.90 Å². The zero-order valence-electron chi connectivity index (χ0n) is 20.1. The molecule has 2 fully saturated rings. The third-order valence-corrected chi connectivity index (χ3v) is 7.51. The van der Waals surface area contributed by atoms with Crippen LogP contribution in [0.3, 0.4) is 0 Å². The molecule has 5 rings (SSSR count). The molecule has 3 aromatic rings. The number of carbonyl (C=O) groups is 1. The molecular formula is C25H31N5O3S. The van der Waals surface area contributed by atoms with Crippen molar-refractivity contribution in [3.8, 4) is 0 Å². The number of rotatable bonds is 5. The van der Waals surface area contributed by atoms with E-state index in [1.165, 1.54) is 24.1 Å². The number of fused-ring (bicyclic) bond motifs is 1. The minimum Gasteiger partial charge on any atom is -0.330 e. The molecule has 9 heteroatoms. The first kappa shape index (κ1) is 22.8. The number of carbonyl (C=O) groups excluding carboxylic acids is 1. The molecule has 2 aliphatic rings. The van der Waals surface area contributed by atoms with Gasteiger partial charge in [0.2, 0.25) is 10.0 Å². The van der Waals surface area contributed by atoms with Gasteiger partial charge in [-0.3, -0.25) is 9.52 Å². The Hall–Kier alpha value is -2.94.